The fourth-order valence-electron chi connectivity index (χ4n) is 2.32. The van der Waals surface area contributed by atoms with Crippen LogP contribution in [0.25, 0.3) is 0 Å². The standard InChI is InChI=1S/C19H21NO4/c1-13-7-8-16(14(2)9-13)11-20(3)18(22)12-24-19(23)15-5-4-6-17(21)10-15/h4-10,21H,11-12H2,1-3H3. The van der Waals surface area contributed by atoms with Crippen molar-refractivity contribution in [1.82, 2.24) is 4.90 Å². The molecule has 0 spiro atoms. The summed E-state index contributed by atoms with van der Waals surface area (Å²) >= 11 is 0. The van der Waals surface area contributed by atoms with E-state index in [0.29, 0.717) is 6.54 Å². The van der Waals surface area contributed by atoms with Crippen molar-refractivity contribution >= 4 is 11.9 Å². The molecule has 0 fully saturated rings. The van der Waals surface area contributed by atoms with E-state index >= 15 is 0 Å². The van der Waals surface area contributed by atoms with Crippen LogP contribution in [-0.4, -0.2) is 35.5 Å². The summed E-state index contributed by atoms with van der Waals surface area (Å²) in [5.41, 5.74) is 3.55. The van der Waals surface area contributed by atoms with Gasteiger partial charge in [0.1, 0.15) is 5.75 Å². The molecule has 0 saturated carbocycles. The second-order valence-corrected chi connectivity index (χ2v) is 5.81. The fraction of sp³-hybridized carbons (Fsp3) is 0.263. The summed E-state index contributed by atoms with van der Waals surface area (Å²) in [6.45, 7) is 4.14. The SMILES string of the molecule is Cc1ccc(CN(C)C(=O)COC(=O)c2cccc(O)c2)c(C)c1. The van der Waals surface area contributed by atoms with Crippen LogP contribution in [0.2, 0.25) is 0 Å². The third-order valence-electron chi connectivity index (χ3n) is 3.74. The van der Waals surface area contributed by atoms with Gasteiger partial charge < -0.3 is 14.7 Å². The molecule has 126 valence electrons. The number of carbonyl (C=O) groups is 2. The molecule has 0 aliphatic carbocycles. The first-order chi connectivity index (χ1) is 11.4. The maximum atomic E-state index is 12.1. The van der Waals surface area contributed by atoms with E-state index in [1.807, 2.05) is 26.0 Å². The van der Waals surface area contributed by atoms with Crippen LogP contribution in [0.15, 0.2) is 42.5 Å². The molecule has 0 aromatic heterocycles. The maximum absolute atomic E-state index is 12.1. The maximum Gasteiger partial charge on any atom is 0.338 e. The Morgan fingerprint density at radius 3 is 2.54 bits per heavy atom. The number of carbonyl (C=O) groups excluding carboxylic acids is 2. The highest BCUT2D eigenvalue weighted by atomic mass is 16.5. The lowest BCUT2D eigenvalue weighted by Gasteiger charge is -2.18. The normalized spacial score (nSPS) is 10.3. The molecule has 2 rings (SSSR count). The number of benzene rings is 2. The molecule has 2 aromatic carbocycles. The molecule has 24 heavy (non-hydrogen) atoms. The van der Waals surface area contributed by atoms with Crippen molar-refractivity contribution in [2.24, 2.45) is 0 Å². The van der Waals surface area contributed by atoms with Crippen LogP contribution in [-0.2, 0) is 16.1 Å². The first kappa shape index (κ1) is 17.5. The minimum atomic E-state index is -0.640. The average molecular weight is 327 g/mol. The van der Waals surface area contributed by atoms with Gasteiger partial charge in [-0.05, 0) is 43.2 Å². The van der Waals surface area contributed by atoms with Gasteiger partial charge in [-0.1, -0.05) is 29.8 Å². The zero-order chi connectivity index (χ0) is 17.7. The Balaban J connectivity index is 1.90. The number of likely N-dealkylation sites (N-methyl/N-ethyl adjacent to an activating group) is 1. The molecule has 5 nitrogen and oxygen atoms in total. The van der Waals surface area contributed by atoms with Gasteiger partial charge in [-0.25, -0.2) is 4.79 Å². The Morgan fingerprint density at radius 2 is 1.88 bits per heavy atom. The van der Waals surface area contributed by atoms with Crippen molar-refractivity contribution in [3.63, 3.8) is 0 Å². The monoisotopic (exact) mass is 327 g/mol. The van der Waals surface area contributed by atoms with Gasteiger partial charge in [-0.3, -0.25) is 4.79 Å². The second-order valence-electron chi connectivity index (χ2n) is 5.81. The topological polar surface area (TPSA) is 66.8 Å². The molecule has 0 atom stereocenters. The molecule has 0 bridgehead atoms. The summed E-state index contributed by atoms with van der Waals surface area (Å²) < 4.78 is 5.01. The van der Waals surface area contributed by atoms with Crippen molar-refractivity contribution in [2.75, 3.05) is 13.7 Å². The highest BCUT2D eigenvalue weighted by Gasteiger charge is 2.14. The smallest absolute Gasteiger partial charge is 0.338 e. The molecule has 1 N–H and O–H groups in total. The van der Waals surface area contributed by atoms with E-state index < -0.39 is 5.97 Å². The van der Waals surface area contributed by atoms with Gasteiger partial charge in [0.05, 0.1) is 5.56 Å². The number of phenols is 1. The Labute approximate surface area is 141 Å². The average Bonchev–Trinajstić information content (AvgIpc) is 2.54. The van der Waals surface area contributed by atoms with Crippen LogP contribution in [0.3, 0.4) is 0 Å². The van der Waals surface area contributed by atoms with Gasteiger partial charge in [0.15, 0.2) is 6.61 Å². The lowest BCUT2D eigenvalue weighted by atomic mass is 10.1. The second kappa shape index (κ2) is 7.64. The van der Waals surface area contributed by atoms with Crippen molar-refractivity contribution in [3.8, 4) is 5.75 Å². The first-order valence-corrected chi connectivity index (χ1v) is 7.63. The van der Waals surface area contributed by atoms with Crippen LogP contribution in [0.1, 0.15) is 27.0 Å². The quantitative estimate of drug-likeness (QED) is 0.858. The summed E-state index contributed by atoms with van der Waals surface area (Å²) in [5.74, 6) is -0.953. The van der Waals surface area contributed by atoms with Crippen LogP contribution in [0.5, 0.6) is 5.75 Å². The van der Waals surface area contributed by atoms with Gasteiger partial charge in [0, 0.05) is 13.6 Å². The minimum absolute atomic E-state index is 0.0252. The highest BCUT2D eigenvalue weighted by molar-refractivity contribution is 5.91. The zero-order valence-electron chi connectivity index (χ0n) is 14.1. The van der Waals surface area contributed by atoms with Crippen molar-refractivity contribution in [1.29, 1.82) is 0 Å². The van der Waals surface area contributed by atoms with Crippen LogP contribution >= 0.6 is 0 Å². The molecule has 0 aliphatic heterocycles. The number of nitrogens with zero attached hydrogens (tertiary/aromatic N) is 1. The number of esters is 1. The van der Waals surface area contributed by atoms with E-state index in [4.69, 9.17) is 4.74 Å². The molecule has 1 amide bonds. The molecule has 0 aliphatic rings. The zero-order valence-corrected chi connectivity index (χ0v) is 14.1. The van der Waals surface area contributed by atoms with Gasteiger partial charge in [-0.2, -0.15) is 0 Å². The molecule has 5 heteroatoms. The Kier molecular flexibility index (Phi) is 5.58. The lowest BCUT2D eigenvalue weighted by Crippen LogP contribution is -2.31. The van der Waals surface area contributed by atoms with Crippen molar-refractivity contribution in [3.05, 3.63) is 64.7 Å². The Bertz CT molecular complexity index is 755. The van der Waals surface area contributed by atoms with E-state index in [-0.39, 0.29) is 23.8 Å². The van der Waals surface area contributed by atoms with E-state index in [9.17, 15) is 14.7 Å². The number of rotatable bonds is 5. The number of hydrogen-bond donors (Lipinski definition) is 1. The molecular formula is C19H21NO4. The molecular weight excluding hydrogens is 306 g/mol. The number of aromatic hydroxyl groups is 1. The summed E-state index contributed by atoms with van der Waals surface area (Å²) in [7, 11) is 1.67. The summed E-state index contributed by atoms with van der Waals surface area (Å²) in [5, 5.41) is 9.35. The molecule has 0 radical (unpaired) electrons. The number of aryl methyl sites for hydroxylation is 2. The molecule has 0 heterocycles. The van der Waals surface area contributed by atoms with Crippen LogP contribution in [0.4, 0.5) is 0 Å². The lowest BCUT2D eigenvalue weighted by molar-refractivity contribution is -0.133. The third-order valence-corrected chi connectivity index (χ3v) is 3.74. The molecule has 2 aromatic rings. The first-order valence-electron chi connectivity index (χ1n) is 7.63. The summed E-state index contributed by atoms with van der Waals surface area (Å²) in [6.07, 6.45) is 0. The third kappa shape index (κ3) is 4.59. The summed E-state index contributed by atoms with van der Waals surface area (Å²) in [4.78, 5) is 25.5. The van der Waals surface area contributed by atoms with Gasteiger partial charge >= 0.3 is 5.97 Å². The van der Waals surface area contributed by atoms with Gasteiger partial charge in [0.2, 0.25) is 0 Å². The van der Waals surface area contributed by atoms with Crippen molar-refractivity contribution in [2.45, 2.75) is 20.4 Å². The molecule has 0 saturated heterocycles. The largest absolute Gasteiger partial charge is 0.508 e. The summed E-state index contributed by atoms with van der Waals surface area (Å²) in [6, 6.07) is 11.9. The van der Waals surface area contributed by atoms with E-state index in [1.54, 1.807) is 13.1 Å². The highest BCUT2D eigenvalue weighted by Crippen LogP contribution is 2.14. The number of ether oxygens (including phenoxy) is 1. The predicted octanol–water partition coefficient (Wildman–Crippen LogP) is 2.82. The van der Waals surface area contributed by atoms with E-state index in [0.717, 1.165) is 11.1 Å². The van der Waals surface area contributed by atoms with E-state index in [2.05, 4.69) is 6.07 Å². The van der Waals surface area contributed by atoms with Crippen molar-refractivity contribution < 1.29 is 19.4 Å². The van der Waals surface area contributed by atoms with Gasteiger partial charge in [-0.15, -0.1) is 0 Å². The fourth-order valence-corrected chi connectivity index (χ4v) is 2.32. The number of hydrogen-bond acceptors (Lipinski definition) is 4. The van der Waals surface area contributed by atoms with E-state index in [1.165, 1.54) is 28.7 Å². The Morgan fingerprint density at radius 1 is 1.12 bits per heavy atom. The number of amides is 1. The minimum Gasteiger partial charge on any atom is -0.508 e. The number of phenolic OH excluding ortho intramolecular Hbond substituents is 1. The van der Waals surface area contributed by atoms with Gasteiger partial charge in [0.25, 0.3) is 5.91 Å². The van der Waals surface area contributed by atoms with Crippen LogP contribution in [0, 0.1) is 13.8 Å². The van der Waals surface area contributed by atoms with Crippen LogP contribution < -0.4 is 0 Å². The Hall–Kier alpha value is -2.82. The predicted molar refractivity (Wildman–Crippen MR) is 90.8 cm³/mol. The molecule has 0 unspecified atom stereocenters.